The summed E-state index contributed by atoms with van der Waals surface area (Å²) in [5.74, 6) is 1.24. The van der Waals surface area contributed by atoms with Gasteiger partial charge in [0.15, 0.2) is 0 Å². The number of nitrogens with two attached hydrogens (primary N) is 1. The monoisotopic (exact) mass is 274 g/mol. The van der Waals surface area contributed by atoms with Crippen LogP contribution in [0.15, 0.2) is 30.5 Å². The summed E-state index contributed by atoms with van der Waals surface area (Å²) >= 11 is 0. The first kappa shape index (κ1) is 13.9. The number of carbonyl (C=O) groups is 1. The van der Waals surface area contributed by atoms with E-state index in [9.17, 15) is 4.79 Å². The first-order chi connectivity index (χ1) is 9.69. The van der Waals surface area contributed by atoms with Gasteiger partial charge in [0.1, 0.15) is 11.6 Å². The van der Waals surface area contributed by atoms with Gasteiger partial charge >= 0.3 is 0 Å². The van der Waals surface area contributed by atoms with E-state index in [1.807, 2.05) is 6.92 Å². The molecule has 6 nitrogen and oxygen atoms in total. The van der Waals surface area contributed by atoms with Crippen LogP contribution in [0.1, 0.15) is 18.9 Å². The second-order valence-corrected chi connectivity index (χ2v) is 4.34. The number of nitrogens with zero attached hydrogens (tertiary/aromatic N) is 1. The van der Waals surface area contributed by atoms with Crippen molar-refractivity contribution in [3.63, 3.8) is 0 Å². The van der Waals surface area contributed by atoms with E-state index in [4.69, 9.17) is 10.5 Å². The first-order valence-corrected chi connectivity index (χ1v) is 6.49. The van der Waals surface area contributed by atoms with Gasteiger partial charge in [-0.05, 0) is 30.7 Å². The van der Waals surface area contributed by atoms with Crippen LogP contribution in [0.2, 0.25) is 0 Å². The molecule has 0 fully saturated rings. The molecule has 0 spiro atoms. The van der Waals surface area contributed by atoms with Crippen LogP contribution in [-0.2, 0) is 11.2 Å². The number of hydrogen-bond donors (Lipinski definition) is 3. The molecule has 0 aliphatic carbocycles. The number of aryl methyl sites for hydroxylation is 1. The van der Waals surface area contributed by atoms with Crippen molar-refractivity contribution >= 4 is 17.4 Å². The number of aromatic amines is 1. The zero-order valence-corrected chi connectivity index (χ0v) is 11.3. The number of hydrogen-bond acceptors (Lipinski definition) is 4. The van der Waals surface area contributed by atoms with Crippen LogP contribution in [0.25, 0.3) is 0 Å². The molecule has 1 heterocycles. The van der Waals surface area contributed by atoms with Crippen LogP contribution < -0.4 is 15.8 Å². The van der Waals surface area contributed by atoms with E-state index in [-0.39, 0.29) is 12.3 Å². The van der Waals surface area contributed by atoms with Crippen molar-refractivity contribution in [3.8, 4) is 5.75 Å². The Morgan fingerprint density at radius 2 is 2.15 bits per heavy atom. The second kappa shape index (κ2) is 6.60. The number of amides is 1. The largest absolute Gasteiger partial charge is 0.493 e. The van der Waals surface area contributed by atoms with Gasteiger partial charge in [-0.1, -0.05) is 6.92 Å². The van der Waals surface area contributed by atoms with E-state index in [1.54, 1.807) is 30.5 Å². The molecule has 106 valence electrons. The van der Waals surface area contributed by atoms with Gasteiger partial charge in [-0.3, -0.25) is 9.89 Å². The highest BCUT2D eigenvalue weighted by Crippen LogP contribution is 2.14. The Morgan fingerprint density at radius 1 is 1.40 bits per heavy atom. The molecule has 0 bridgehead atoms. The smallest absolute Gasteiger partial charge is 0.228 e. The number of carbonyl (C=O) groups excluding carboxylic acids is 1. The Balaban J connectivity index is 1.76. The van der Waals surface area contributed by atoms with Crippen LogP contribution in [0, 0.1) is 0 Å². The minimum absolute atomic E-state index is 0.112. The van der Waals surface area contributed by atoms with Gasteiger partial charge in [0.2, 0.25) is 5.91 Å². The molecule has 20 heavy (non-hydrogen) atoms. The maximum Gasteiger partial charge on any atom is 0.228 e. The second-order valence-electron chi connectivity index (χ2n) is 4.34. The van der Waals surface area contributed by atoms with E-state index >= 15 is 0 Å². The quantitative estimate of drug-likeness (QED) is 0.702. The normalized spacial score (nSPS) is 10.2. The molecule has 0 saturated heterocycles. The number of rotatable bonds is 6. The lowest BCUT2D eigenvalue weighted by molar-refractivity contribution is -0.116. The summed E-state index contributed by atoms with van der Waals surface area (Å²) in [6, 6.07) is 7.07. The molecule has 1 amide bonds. The number of benzene rings is 1. The maximum absolute atomic E-state index is 11.8. The van der Waals surface area contributed by atoms with Gasteiger partial charge in [-0.25, -0.2) is 0 Å². The molecule has 6 heteroatoms. The minimum Gasteiger partial charge on any atom is -0.493 e. The fraction of sp³-hybridized carbons (Fsp3) is 0.286. The zero-order valence-electron chi connectivity index (χ0n) is 11.3. The highest BCUT2D eigenvalue weighted by atomic mass is 16.5. The highest BCUT2D eigenvalue weighted by molar-refractivity contribution is 5.90. The predicted molar refractivity (Wildman–Crippen MR) is 77.6 cm³/mol. The predicted octanol–water partition coefficient (Wildman–Crippen LogP) is 1.96. The summed E-state index contributed by atoms with van der Waals surface area (Å²) in [4.78, 5) is 11.8. The molecule has 0 unspecified atom stereocenters. The van der Waals surface area contributed by atoms with Gasteiger partial charge in [0.25, 0.3) is 0 Å². The van der Waals surface area contributed by atoms with Gasteiger partial charge in [0.05, 0.1) is 19.2 Å². The van der Waals surface area contributed by atoms with Gasteiger partial charge < -0.3 is 15.8 Å². The zero-order chi connectivity index (χ0) is 14.4. The SMILES string of the molecule is CCc1cn[nH]c1NC(=O)CCOc1ccc(N)cc1. The van der Waals surface area contributed by atoms with Crippen LogP contribution in [-0.4, -0.2) is 22.7 Å². The maximum atomic E-state index is 11.8. The summed E-state index contributed by atoms with van der Waals surface area (Å²) in [5.41, 5.74) is 7.24. The average molecular weight is 274 g/mol. The van der Waals surface area contributed by atoms with E-state index in [1.165, 1.54) is 0 Å². The third-order valence-corrected chi connectivity index (χ3v) is 2.84. The summed E-state index contributed by atoms with van der Waals surface area (Å²) in [6.07, 6.45) is 2.79. The molecule has 2 rings (SSSR count). The third-order valence-electron chi connectivity index (χ3n) is 2.84. The molecule has 4 N–H and O–H groups in total. The van der Waals surface area contributed by atoms with E-state index in [0.29, 0.717) is 23.9 Å². The van der Waals surface area contributed by atoms with Crippen LogP contribution in [0.3, 0.4) is 0 Å². The fourth-order valence-electron chi connectivity index (χ4n) is 1.71. The van der Waals surface area contributed by atoms with Crippen LogP contribution in [0.4, 0.5) is 11.5 Å². The molecule has 0 aliphatic rings. The number of nitrogens with one attached hydrogen (secondary N) is 2. The van der Waals surface area contributed by atoms with Crippen molar-refractivity contribution in [3.05, 3.63) is 36.0 Å². The Kier molecular flexibility index (Phi) is 4.60. The number of aromatic nitrogens is 2. The van der Waals surface area contributed by atoms with E-state index < -0.39 is 0 Å². The molecule has 0 radical (unpaired) electrons. The molecular weight excluding hydrogens is 256 g/mol. The van der Waals surface area contributed by atoms with Crippen molar-refractivity contribution in [2.45, 2.75) is 19.8 Å². The van der Waals surface area contributed by atoms with Crippen LogP contribution in [0.5, 0.6) is 5.75 Å². The van der Waals surface area contributed by atoms with Gasteiger partial charge in [-0.2, -0.15) is 5.10 Å². The summed E-state index contributed by atoms with van der Waals surface area (Å²) in [7, 11) is 0. The molecule has 0 aliphatic heterocycles. The third kappa shape index (κ3) is 3.74. The van der Waals surface area contributed by atoms with E-state index in [0.717, 1.165) is 12.0 Å². The molecule has 2 aromatic rings. The standard InChI is InChI=1S/C14H18N4O2/c1-2-10-9-16-18-14(10)17-13(19)7-8-20-12-5-3-11(15)4-6-12/h3-6,9H,2,7-8,15H2,1H3,(H2,16,17,18,19). The molecule has 1 aromatic heterocycles. The molecule has 1 aromatic carbocycles. The molecular formula is C14H18N4O2. The lowest BCUT2D eigenvalue weighted by Gasteiger charge is -2.07. The number of H-pyrrole nitrogens is 1. The van der Waals surface area contributed by atoms with Crippen molar-refractivity contribution in [2.24, 2.45) is 0 Å². The summed E-state index contributed by atoms with van der Waals surface area (Å²) in [6.45, 7) is 2.32. The Morgan fingerprint density at radius 3 is 2.85 bits per heavy atom. The number of nitrogen functional groups attached to an aromatic ring is 1. The topological polar surface area (TPSA) is 93.0 Å². The Hall–Kier alpha value is -2.50. The van der Waals surface area contributed by atoms with Crippen molar-refractivity contribution in [1.82, 2.24) is 10.2 Å². The summed E-state index contributed by atoms with van der Waals surface area (Å²) < 4.78 is 5.47. The fourth-order valence-corrected chi connectivity index (χ4v) is 1.71. The van der Waals surface area contributed by atoms with Crippen LogP contribution >= 0.6 is 0 Å². The van der Waals surface area contributed by atoms with Gasteiger partial charge in [0, 0.05) is 11.3 Å². The van der Waals surface area contributed by atoms with Crippen molar-refractivity contribution in [1.29, 1.82) is 0 Å². The average Bonchev–Trinajstić information content (AvgIpc) is 2.88. The number of anilines is 2. The first-order valence-electron chi connectivity index (χ1n) is 6.49. The highest BCUT2D eigenvalue weighted by Gasteiger charge is 2.07. The molecule has 0 saturated carbocycles. The van der Waals surface area contributed by atoms with Crippen molar-refractivity contribution in [2.75, 3.05) is 17.7 Å². The minimum atomic E-state index is -0.112. The molecule has 0 atom stereocenters. The number of ether oxygens (including phenoxy) is 1. The summed E-state index contributed by atoms with van der Waals surface area (Å²) in [5, 5.41) is 9.44. The Bertz CT molecular complexity index is 563. The lowest BCUT2D eigenvalue weighted by atomic mass is 10.2. The lowest BCUT2D eigenvalue weighted by Crippen LogP contribution is -2.16. The van der Waals surface area contributed by atoms with E-state index in [2.05, 4.69) is 15.5 Å². The van der Waals surface area contributed by atoms with Gasteiger partial charge in [-0.15, -0.1) is 0 Å². The Labute approximate surface area is 117 Å². The van der Waals surface area contributed by atoms with Crippen molar-refractivity contribution < 1.29 is 9.53 Å².